The summed E-state index contributed by atoms with van der Waals surface area (Å²) in [5.41, 5.74) is 7.38. The Morgan fingerprint density at radius 1 is 0.324 bits per heavy atom. The van der Waals surface area contributed by atoms with Crippen LogP contribution < -0.4 is 0 Å². The molecule has 37 heavy (non-hydrogen) atoms. The lowest BCUT2D eigenvalue weighted by molar-refractivity contribution is 1.59. The average molecular weight is 535 g/mol. The van der Waals surface area contributed by atoms with Gasteiger partial charge in [0.05, 0.1) is 0 Å². The van der Waals surface area contributed by atoms with Gasteiger partial charge in [0.25, 0.3) is 0 Å². The van der Waals surface area contributed by atoms with Crippen molar-refractivity contribution in [3.8, 4) is 33.4 Å². The molecule has 0 aromatic heterocycles. The molecule has 0 unspecified atom stereocenters. The summed E-state index contributed by atoms with van der Waals surface area (Å²) in [6, 6.07) is 50.5. The Labute approximate surface area is 225 Å². The Morgan fingerprint density at radius 3 is 1.51 bits per heavy atom. The number of benzene rings is 7. The van der Waals surface area contributed by atoms with Gasteiger partial charge in [-0.25, -0.2) is 0 Å². The molecule has 0 saturated carbocycles. The summed E-state index contributed by atoms with van der Waals surface area (Å²) in [5.74, 6) is 0. The van der Waals surface area contributed by atoms with Crippen LogP contribution in [0, 0.1) is 0 Å². The molecule has 0 N–H and O–H groups in total. The van der Waals surface area contributed by atoms with E-state index in [1.807, 2.05) is 0 Å². The molecule has 7 aromatic rings. The van der Waals surface area contributed by atoms with Crippen LogP contribution in [-0.4, -0.2) is 0 Å². The molecule has 0 radical (unpaired) electrons. The van der Waals surface area contributed by atoms with Gasteiger partial charge in [-0.1, -0.05) is 115 Å². The fourth-order valence-electron chi connectivity index (χ4n) is 5.49. The van der Waals surface area contributed by atoms with Crippen molar-refractivity contribution in [3.63, 3.8) is 0 Å². The topological polar surface area (TPSA) is 0 Å². The van der Waals surface area contributed by atoms with Crippen LogP contribution in [0.1, 0.15) is 0 Å². The van der Waals surface area contributed by atoms with Crippen LogP contribution in [0.15, 0.2) is 144 Å². The van der Waals surface area contributed by atoms with Gasteiger partial charge >= 0.3 is 0 Å². The maximum Gasteiger partial charge on any atom is 0.0332 e. The van der Waals surface area contributed by atoms with E-state index in [1.165, 1.54) is 65.7 Å². The highest BCUT2D eigenvalue weighted by molar-refractivity contribution is 9.10. The largest absolute Gasteiger partial charge is 0.0622 e. The molecule has 0 aliphatic carbocycles. The lowest BCUT2D eigenvalue weighted by atomic mass is 9.88. The molecule has 0 saturated heterocycles. The minimum absolute atomic E-state index is 1.15. The van der Waals surface area contributed by atoms with Gasteiger partial charge in [0.2, 0.25) is 0 Å². The first-order valence-electron chi connectivity index (χ1n) is 12.6. The van der Waals surface area contributed by atoms with Gasteiger partial charge in [0.1, 0.15) is 0 Å². The third-order valence-electron chi connectivity index (χ3n) is 7.28. The van der Waals surface area contributed by atoms with E-state index in [4.69, 9.17) is 0 Å². The van der Waals surface area contributed by atoms with Crippen LogP contribution >= 0.6 is 15.9 Å². The highest BCUT2D eigenvalue weighted by Crippen LogP contribution is 2.43. The molecule has 0 amide bonds. The first kappa shape index (κ1) is 22.0. The van der Waals surface area contributed by atoms with Gasteiger partial charge in [-0.3, -0.25) is 0 Å². The first-order chi connectivity index (χ1) is 18.3. The smallest absolute Gasteiger partial charge is 0.0332 e. The third kappa shape index (κ3) is 3.84. The van der Waals surface area contributed by atoms with Crippen molar-refractivity contribution < 1.29 is 0 Å². The molecule has 0 aliphatic heterocycles. The Balaban J connectivity index is 1.57. The van der Waals surface area contributed by atoms with E-state index in [1.54, 1.807) is 0 Å². The average Bonchev–Trinajstić information content (AvgIpc) is 2.97. The number of rotatable bonds is 3. The van der Waals surface area contributed by atoms with E-state index >= 15 is 0 Å². The van der Waals surface area contributed by atoms with Crippen molar-refractivity contribution in [1.29, 1.82) is 0 Å². The van der Waals surface area contributed by atoms with E-state index in [2.05, 4.69) is 155 Å². The first-order valence-corrected chi connectivity index (χ1v) is 13.3. The lowest BCUT2D eigenvalue weighted by Gasteiger charge is -2.17. The predicted octanol–water partition coefficient (Wildman–Crippen LogP) is 10.9. The molecule has 0 atom stereocenters. The molecular weight excluding hydrogens is 512 g/mol. The Morgan fingerprint density at radius 2 is 0.838 bits per heavy atom. The van der Waals surface area contributed by atoms with Crippen molar-refractivity contribution in [2.24, 2.45) is 0 Å². The minimum atomic E-state index is 1.15. The molecule has 0 aliphatic rings. The molecule has 1 heteroatoms. The summed E-state index contributed by atoms with van der Waals surface area (Å²) < 4.78 is 1.15. The maximum absolute atomic E-state index is 3.91. The van der Waals surface area contributed by atoms with E-state index in [-0.39, 0.29) is 0 Å². The number of hydrogen-bond acceptors (Lipinski definition) is 0. The minimum Gasteiger partial charge on any atom is -0.0622 e. The van der Waals surface area contributed by atoms with Crippen molar-refractivity contribution in [1.82, 2.24) is 0 Å². The SMILES string of the molecule is Brc1c2ccccc2c(-c2cc(-c3ccccc3)cc(-c3ccc4ccccc4c3)c2)c2ccccc12. The molecule has 0 spiro atoms. The lowest BCUT2D eigenvalue weighted by Crippen LogP contribution is -1.90. The zero-order valence-corrected chi connectivity index (χ0v) is 21.7. The standard InChI is InChI=1S/C36H23Br/c37-36-33-16-8-6-14-31(33)35(32-15-7-9-17-34(32)36)30-22-28(24-10-2-1-3-11-24)21-29(23-30)27-19-18-25-12-4-5-13-26(25)20-27/h1-23H. The third-order valence-corrected chi connectivity index (χ3v) is 8.13. The van der Waals surface area contributed by atoms with Crippen LogP contribution in [0.4, 0.5) is 0 Å². The van der Waals surface area contributed by atoms with E-state index in [0.29, 0.717) is 0 Å². The van der Waals surface area contributed by atoms with Gasteiger partial charge in [-0.2, -0.15) is 0 Å². The Bertz CT molecular complexity index is 1880. The summed E-state index contributed by atoms with van der Waals surface area (Å²) in [7, 11) is 0. The molecular formula is C36H23Br. The molecule has 0 nitrogen and oxygen atoms in total. The van der Waals surface area contributed by atoms with Crippen LogP contribution in [0.25, 0.3) is 65.7 Å². The van der Waals surface area contributed by atoms with Crippen molar-refractivity contribution in [2.75, 3.05) is 0 Å². The van der Waals surface area contributed by atoms with Crippen molar-refractivity contribution in [2.45, 2.75) is 0 Å². The van der Waals surface area contributed by atoms with E-state index < -0.39 is 0 Å². The Hall–Kier alpha value is -4.20. The molecule has 0 fully saturated rings. The number of halogens is 1. The zero-order valence-electron chi connectivity index (χ0n) is 20.2. The summed E-state index contributed by atoms with van der Waals surface area (Å²) in [5, 5.41) is 7.48. The highest BCUT2D eigenvalue weighted by atomic mass is 79.9. The monoisotopic (exact) mass is 534 g/mol. The van der Waals surface area contributed by atoms with Gasteiger partial charge < -0.3 is 0 Å². The maximum atomic E-state index is 3.91. The van der Waals surface area contributed by atoms with Crippen molar-refractivity contribution in [3.05, 3.63) is 144 Å². The number of hydrogen-bond donors (Lipinski definition) is 0. The van der Waals surface area contributed by atoms with Gasteiger partial charge in [-0.15, -0.1) is 0 Å². The van der Waals surface area contributed by atoms with Crippen LogP contribution in [0.2, 0.25) is 0 Å². The van der Waals surface area contributed by atoms with E-state index in [9.17, 15) is 0 Å². The summed E-state index contributed by atoms with van der Waals surface area (Å²) in [6.45, 7) is 0. The summed E-state index contributed by atoms with van der Waals surface area (Å²) in [4.78, 5) is 0. The fraction of sp³-hybridized carbons (Fsp3) is 0. The van der Waals surface area contributed by atoms with Gasteiger partial charge in [0, 0.05) is 4.47 Å². The molecule has 0 bridgehead atoms. The zero-order chi connectivity index (χ0) is 24.8. The second-order valence-corrected chi connectivity index (χ2v) is 10.3. The normalized spacial score (nSPS) is 11.4. The van der Waals surface area contributed by atoms with Crippen LogP contribution in [0.5, 0.6) is 0 Å². The van der Waals surface area contributed by atoms with Crippen molar-refractivity contribution >= 4 is 48.2 Å². The molecule has 7 aromatic carbocycles. The van der Waals surface area contributed by atoms with Gasteiger partial charge in [0.15, 0.2) is 0 Å². The van der Waals surface area contributed by atoms with Crippen LogP contribution in [0.3, 0.4) is 0 Å². The Kier molecular flexibility index (Phi) is 5.38. The summed E-state index contributed by atoms with van der Waals surface area (Å²) >= 11 is 3.91. The second kappa shape index (κ2) is 9.03. The fourth-order valence-corrected chi connectivity index (χ4v) is 6.18. The van der Waals surface area contributed by atoms with E-state index in [0.717, 1.165) is 4.47 Å². The van der Waals surface area contributed by atoms with Crippen LogP contribution in [-0.2, 0) is 0 Å². The highest BCUT2D eigenvalue weighted by Gasteiger charge is 2.16. The summed E-state index contributed by atoms with van der Waals surface area (Å²) in [6.07, 6.45) is 0. The second-order valence-electron chi connectivity index (χ2n) is 9.51. The predicted molar refractivity (Wildman–Crippen MR) is 163 cm³/mol. The molecule has 174 valence electrons. The molecule has 7 rings (SSSR count). The quantitative estimate of drug-likeness (QED) is 0.198. The number of fused-ring (bicyclic) bond motifs is 3. The molecule has 0 heterocycles. The van der Waals surface area contributed by atoms with Gasteiger partial charge in [-0.05, 0) is 106 Å².